The summed E-state index contributed by atoms with van der Waals surface area (Å²) in [4.78, 5) is 32.7. The third-order valence-corrected chi connectivity index (χ3v) is 9.75. The first-order valence-corrected chi connectivity index (χ1v) is 16.8. The van der Waals surface area contributed by atoms with Crippen LogP contribution in [0.2, 0.25) is 0 Å². The Labute approximate surface area is 258 Å². The predicted molar refractivity (Wildman–Crippen MR) is 172 cm³/mol. The lowest BCUT2D eigenvalue weighted by atomic mass is 9.81. The van der Waals surface area contributed by atoms with Gasteiger partial charge >= 0.3 is 0 Å². The summed E-state index contributed by atoms with van der Waals surface area (Å²) in [5.74, 6) is 1.93. The number of nitrogens with one attached hydrogen (secondary N) is 1. The molecular formula is C36H52N4O3. The molecule has 0 radical (unpaired) electrons. The number of hydrogen-bond donors (Lipinski definition) is 1. The molecule has 0 aromatic heterocycles. The minimum atomic E-state index is 0.0807. The molecule has 1 N–H and O–H groups in total. The lowest BCUT2D eigenvalue weighted by Gasteiger charge is -2.42. The van der Waals surface area contributed by atoms with E-state index < -0.39 is 0 Å². The molecule has 0 bridgehead atoms. The van der Waals surface area contributed by atoms with Crippen LogP contribution in [0.5, 0.6) is 5.75 Å². The van der Waals surface area contributed by atoms with Gasteiger partial charge in [-0.3, -0.25) is 19.4 Å². The Hall–Kier alpha value is -2.90. The third kappa shape index (κ3) is 9.05. The van der Waals surface area contributed by atoms with Crippen molar-refractivity contribution in [2.45, 2.75) is 96.2 Å². The van der Waals surface area contributed by atoms with Gasteiger partial charge in [-0.25, -0.2) is 0 Å². The summed E-state index contributed by atoms with van der Waals surface area (Å²) in [6.07, 6.45) is 9.28. The molecular weight excluding hydrogens is 536 g/mol. The Kier molecular flexibility index (Phi) is 11.5. The summed E-state index contributed by atoms with van der Waals surface area (Å²) < 4.78 is 6.21. The maximum Gasteiger partial charge on any atom is 0.234 e. The van der Waals surface area contributed by atoms with Gasteiger partial charge in [-0.1, -0.05) is 42.5 Å². The van der Waals surface area contributed by atoms with Gasteiger partial charge in [0.2, 0.25) is 11.8 Å². The zero-order valence-electron chi connectivity index (χ0n) is 26.4. The summed E-state index contributed by atoms with van der Waals surface area (Å²) in [6.45, 7) is 10.3. The van der Waals surface area contributed by atoms with Gasteiger partial charge in [0.1, 0.15) is 5.75 Å². The molecule has 0 spiro atoms. The van der Waals surface area contributed by atoms with Crippen LogP contribution in [0.25, 0.3) is 0 Å². The van der Waals surface area contributed by atoms with Gasteiger partial charge in [0.15, 0.2) is 0 Å². The van der Waals surface area contributed by atoms with Crippen molar-refractivity contribution in [3.05, 3.63) is 65.2 Å². The van der Waals surface area contributed by atoms with Gasteiger partial charge in [0.05, 0.1) is 13.2 Å². The van der Waals surface area contributed by atoms with Gasteiger partial charge in [-0.05, 0) is 88.3 Å². The number of ether oxygens (including phenoxy) is 1. The molecule has 1 saturated carbocycles. The zero-order valence-corrected chi connectivity index (χ0v) is 26.4. The molecule has 2 aromatic carbocycles. The molecule has 5 rings (SSSR count). The molecule has 7 nitrogen and oxygen atoms in total. The van der Waals surface area contributed by atoms with E-state index in [4.69, 9.17) is 4.74 Å². The molecule has 2 aromatic rings. The molecule has 0 unspecified atom stereocenters. The first-order chi connectivity index (χ1) is 21.0. The minimum absolute atomic E-state index is 0.0807. The van der Waals surface area contributed by atoms with E-state index in [-0.39, 0.29) is 17.9 Å². The van der Waals surface area contributed by atoms with Crippen LogP contribution < -0.4 is 10.1 Å². The highest BCUT2D eigenvalue weighted by Gasteiger charge is 2.30. The standard InChI is InChI=1S/C36H52N4O3/c1-28(2)40-26-32-25-29(11-17-34(32)43-24-8-4-7-19-37-35(41)27-40)12-18-36(42)39-22-20-38(21-23-39)33-15-13-31(14-16-33)30-9-5-3-6-10-30/h3,5-6,9-11,17,25,28,31,33H,4,7-8,12-16,18-24,26-27H2,1-2H3,(H,37,41). The van der Waals surface area contributed by atoms with Crippen LogP contribution in [0.1, 0.15) is 87.8 Å². The monoisotopic (exact) mass is 588 g/mol. The second kappa shape index (κ2) is 15.7. The Morgan fingerprint density at radius 2 is 1.70 bits per heavy atom. The van der Waals surface area contributed by atoms with Gasteiger partial charge in [0.25, 0.3) is 0 Å². The molecule has 3 aliphatic rings. The van der Waals surface area contributed by atoms with Crippen LogP contribution in [0.15, 0.2) is 48.5 Å². The largest absolute Gasteiger partial charge is 0.493 e. The maximum absolute atomic E-state index is 13.2. The van der Waals surface area contributed by atoms with Crippen molar-refractivity contribution in [3.63, 3.8) is 0 Å². The molecule has 1 saturated heterocycles. The number of carbonyl (C=O) groups excluding carboxylic acids is 2. The van der Waals surface area contributed by atoms with Crippen molar-refractivity contribution in [2.24, 2.45) is 0 Å². The first-order valence-electron chi connectivity index (χ1n) is 16.8. The van der Waals surface area contributed by atoms with E-state index in [1.165, 1.54) is 31.2 Å². The number of rotatable bonds is 6. The molecule has 7 heteroatoms. The van der Waals surface area contributed by atoms with Crippen molar-refractivity contribution in [1.29, 1.82) is 0 Å². The highest BCUT2D eigenvalue weighted by Crippen LogP contribution is 2.35. The summed E-state index contributed by atoms with van der Waals surface area (Å²) in [5, 5.41) is 3.07. The topological polar surface area (TPSA) is 65.1 Å². The van der Waals surface area contributed by atoms with Crippen molar-refractivity contribution < 1.29 is 14.3 Å². The lowest BCUT2D eigenvalue weighted by Crippen LogP contribution is -2.52. The molecule has 1 aliphatic carbocycles. The Morgan fingerprint density at radius 3 is 2.44 bits per heavy atom. The van der Waals surface area contributed by atoms with Crippen LogP contribution in [0, 0.1) is 0 Å². The molecule has 2 amide bonds. The average Bonchev–Trinajstić information content (AvgIpc) is 3.05. The fourth-order valence-electron chi connectivity index (χ4n) is 6.99. The van der Waals surface area contributed by atoms with E-state index in [1.54, 1.807) is 0 Å². The lowest BCUT2D eigenvalue weighted by molar-refractivity contribution is -0.133. The van der Waals surface area contributed by atoms with Crippen LogP contribution in [-0.2, 0) is 22.6 Å². The van der Waals surface area contributed by atoms with Crippen LogP contribution in [0.3, 0.4) is 0 Å². The smallest absolute Gasteiger partial charge is 0.234 e. The summed E-state index contributed by atoms with van der Waals surface area (Å²) in [5.41, 5.74) is 3.74. The van der Waals surface area contributed by atoms with E-state index >= 15 is 0 Å². The Balaban J connectivity index is 1.12. The maximum atomic E-state index is 13.2. The number of nitrogens with zero attached hydrogens (tertiary/aromatic N) is 3. The van der Waals surface area contributed by atoms with Crippen molar-refractivity contribution >= 4 is 11.8 Å². The Bertz CT molecular complexity index is 1170. The molecule has 43 heavy (non-hydrogen) atoms. The third-order valence-electron chi connectivity index (χ3n) is 9.75. The number of piperazine rings is 1. The molecule has 234 valence electrons. The number of carbonyl (C=O) groups is 2. The number of fused-ring (bicyclic) bond motifs is 1. The minimum Gasteiger partial charge on any atom is -0.493 e. The molecule has 2 heterocycles. The van der Waals surface area contributed by atoms with Crippen LogP contribution in [-0.4, -0.2) is 84.5 Å². The average molecular weight is 589 g/mol. The van der Waals surface area contributed by atoms with Crippen LogP contribution >= 0.6 is 0 Å². The zero-order chi connectivity index (χ0) is 30.0. The molecule has 2 aliphatic heterocycles. The van der Waals surface area contributed by atoms with Gasteiger partial charge < -0.3 is 15.0 Å². The fourth-order valence-corrected chi connectivity index (χ4v) is 6.99. The number of aryl methyl sites for hydroxylation is 1. The van der Waals surface area contributed by atoms with Crippen molar-refractivity contribution in [3.8, 4) is 5.75 Å². The van der Waals surface area contributed by atoms with Crippen molar-refractivity contribution in [1.82, 2.24) is 20.0 Å². The fraction of sp³-hybridized carbons (Fsp3) is 0.611. The quantitative estimate of drug-likeness (QED) is 0.491. The molecule has 0 atom stereocenters. The summed E-state index contributed by atoms with van der Waals surface area (Å²) in [6, 6.07) is 18.2. The Morgan fingerprint density at radius 1 is 0.930 bits per heavy atom. The van der Waals surface area contributed by atoms with Crippen LogP contribution in [0.4, 0.5) is 0 Å². The second-order valence-electron chi connectivity index (χ2n) is 13.0. The van der Waals surface area contributed by atoms with E-state index in [2.05, 4.69) is 82.4 Å². The first kappa shape index (κ1) is 31.5. The van der Waals surface area contributed by atoms with Gasteiger partial charge in [-0.15, -0.1) is 0 Å². The summed E-state index contributed by atoms with van der Waals surface area (Å²) >= 11 is 0. The SMILES string of the molecule is CC(C)N1CC(=O)NCCCCCOc2ccc(CCC(=O)N3CCN(C4CCC(c5ccccc5)CC4)CC3)cc2C1. The normalized spacial score (nSPS) is 23.3. The van der Waals surface area contributed by atoms with Gasteiger partial charge in [-0.2, -0.15) is 0 Å². The van der Waals surface area contributed by atoms with E-state index in [9.17, 15) is 9.59 Å². The van der Waals surface area contributed by atoms with E-state index in [1.807, 2.05) is 0 Å². The second-order valence-corrected chi connectivity index (χ2v) is 13.0. The number of amides is 2. The van der Waals surface area contributed by atoms with E-state index in [0.29, 0.717) is 38.1 Å². The van der Waals surface area contributed by atoms with Crippen molar-refractivity contribution in [2.75, 3.05) is 45.9 Å². The molecule has 2 fully saturated rings. The summed E-state index contributed by atoms with van der Waals surface area (Å²) in [7, 11) is 0. The number of benzene rings is 2. The highest BCUT2D eigenvalue weighted by molar-refractivity contribution is 5.78. The number of hydrogen-bond acceptors (Lipinski definition) is 5. The predicted octanol–water partition coefficient (Wildman–Crippen LogP) is 5.38. The van der Waals surface area contributed by atoms with E-state index in [0.717, 1.165) is 75.3 Å². The highest BCUT2D eigenvalue weighted by atomic mass is 16.5. The van der Waals surface area contributed by atoms with Gasteiger partial charge in [0, 0.05) is 63.3 Å².